The lowest BCUT2D eigenvalue weighted by atomic mass is 9.76. The Bertz CT molecular complexity index is 551. The Morgan fingerprint density at radius 3 is 1.56 bits per heavy atom. The number of rotatable bonds is 8. The predicted octanol–water partition coefficient (Wildman–Crippen LogP) is -2.64. The van der Waals surface area contributed by atoms with Crippen LogP contribution in [0.5, 0.6) is 0 Å². The lowest BCUT2D eigenvalue weighted by Crippen LogP contribution is -2.73. The first kappa shape index (κ1) is 25.5. The molecule has 0 heterocycles. The van der Waals surface area contributed by atoms with Gasteiger partial charge in [0.15, 0.2) is 11.6 Å². The number of ketones is 3. The second kappa shape index (κ2) is 9.68. The topological polar surface area (TPSA) is 170 Å². The van der Waals surface area contributed by atoms with Crippen molar-refractivity contribution in [2.75, 3.05) is 6.61 Å². The first-order valence-electron chi connectivity index (χ1n) is 6.90. The molecule has 25 heavy (non-hydrogen) atoms. The third kappa shape index (κ3) is 4.67. The quantitative estimate of drug-likeness (QED) is 0.258. The van der Waals surface area contributed by atoms with Crippen LogP contribution in [0.4, 0.5) is 0 Å². The van der Waals surface area contributed by atoms with E-state index in [2.05, 4.69) is 0 Å². The van der Waals surface area contributed by atoms with Crippen molar-refractivity contribution in [3.8, 4) is 0 Å². The highest BCUT2D eigenvalue weighted by atomic mass is 35.5. The Morgan fingerprint density at radius 1 is 0.920 bits per heavy atom. The van der Waals surface area contributed by atoms with Crippen LogP contribution in [0.2, 0.25) is 0 Å². The summed E-state index contributed by atoms with van der Waals surface area (Å²) in [6.45, 7) is 2.06. The molecule has 0 aromatic heterocycles. The molecule has 0 aliphatic carbocycles. The fourth-order valence-electron chi connectivity index (χ4n) is 2.45. The lowest BCUT2D eigenvalue weighted by Gasteiger charge is -2.43. The molecule has 11 heteroatoms. The van der Waals surface area contributed by atoms with Crippen LogP contribution in [-0.4, -0.2) is 84.9 Å². The van der Waals surface area contributed by atoms with Crippen LogP contribution in [0, 0.1) is 0 Å². The van der Waals surface area contributed by atoms with Gasteiger partial charge in [-0.1, -0.05) is 0 Å². The van der Waals surface area contributed by atoms with E-state index in [1.165, 1.54) is 0 Å². The molecule has 4 N–H and O–H groups in total. The van der Waals surface area contributed by atoms with Crippen molar-refractivity contribution >= 4 is 41.6 Å². The largest absolute Gasteiger partial charge is 0.394 e. The molecule has 0 aliphatic rings. The summed E-state index contributed by atoms with van der Waals surface area (Å²) in [4.78, 5) is 59.8. The zero-order valence-electron chi connectivity index (χ0n) is 14.1. The van der Waals surface area contributed by atoms with Gasteiger partial charge in [-0.3, -0.25) is 28.9 Å². The normalized spacial score (nSPS) is 16.5. The molecular formula is C14H22ClNO9. The highest BCUT2D eigenvalue weighted by Gasteiger charge is 2.60. The molecule has 0 aromatic carbocycles. The van der Waals surface area contributed by atoms with Gasteiger partial charge in [-0.15, -0.1) is 12.4 Å². The summed E-state index contributed by atoms with van der Waals surface area (Å²) in [5.74, 6) is -6.43. The van der Waals surface area contributed by atoms with Crippen LogP contribution in [0.25, 0.3) is 0 Å². The van der Waals surface area contributed by atoms with E-state index in [1.807, 2.05) is 0 Å². The van der Waals surface area contributed by atoms with Crippen LogP contribution in [0.3, 0.4) is 0 Å². The summed E-state index contributed by atoms with van der Waals surface area (Å²) in [5, 5.41) is 38.5. The fraction of sp³-hybridized carbons (Fsp3) is 0.643. The summed E-state index contributed by atoms with van der Waals surface area (Å²) in [7, 11) is 0. The molecule has 0 rings (SSSR count). The molecule has 0 bridgehead atoms. The molecular weight excluding hydrogens is 362 g/mol. The first-order chi connectivity index (χ1) is 10.9. The van der Waals surface area contributed by atoms with Gasteiger partial charge in [0.05, 0.1) is 6.61 Å². The number of Topliss-reactive ketones (excluding diaryl/α,β-unsaturated/α-hetero) is 3. The summed E-state index contributed by atoms with van der Waals surface area (Å²) in [6.07, 6.45) is -6.84. The van der Waals surface area contributed by atoms with Gasteiger partial charge in [-0.2, -0.15) is 0 Å². The molecule has 10 nitrogen and oxygen atoms in total. The number of hydrogen-bond donors (Lipinski definition) is 4. The van der Waals surface area contributed by atoms with Crippen LogP contribution >= 0.6 is 12.4 Å². The smallest absolute Gasteiger partial charge is 0.234 e. The van der Waals surface area contributed by atoms with Gasteiger partial charge in [0.2, 0.25) is 23.1 Å². The number of halogens is 1. The molecule has 0 aromatic rings. The summed E-state index contributed by atoms with van der Waals surface area (Å²) in [6, 6.07) is 0. The molecule has 0 radical (unpaired) electrons. The van der Waals surface area contributed by atoms with Crippen molar-refractivity contribution in [3.05, 3.63) is 0 Å². The molecule has 0 saturated carbocycles. The van der Waals surface area contributed by atoms with E-state index < -0.39 is 59.6 Å². The Morgan fingerprint density at radius 2 is 1.32 bits per heavy atom. The Balaban J connectivity index is 0. The van der Waals surface area contributed by atoms with Crippen LogP contribution < -0.4 is 0 Å². The number of nitrogens with zero attached hydrogens (tertiary/aromatic N) is 1. The van der Waals surface area contributed by atoms with Gasteiger partial charge in [-0.05, 0) is 6.92 Å². The molecule has 2 amide bonds. The minimum absolute atomic E-state index is 0. The average molecular weight is 384 g/mol. The van der Waals surface area contributed by atoms with E-state index >= 15 is 0 Å². The van der Waals surface area contributed by atoms with Crippen LogP contribution in [-0.2, 0) is 24.0 Å². The minimum Gasteiger partial charge on any atom is -0.394 e. The van der Waals surface area contributed by atoms with E-state index in [1.54, 1.807) is 0 Å². The average Bonchev–Trinajstić information content (AvgIpc) is 2.47. The first-order valence-corrected chi connectivity index (χ1v) is 6.90. The standard InChI is InChI=1S/C14H21NO9.ClH/c1-6(17)12(23)14(7(2)18,15(8(3)19)9(4)20)13(24)11(22)10(21)5-16;/h10-11,13,16,21-22,24H,5H2,1-4H3;1H/t10-,11-,13+,14+;/m1./s1. The van der Waals surface area contributed by atoms with Crippen molar-refractivity contribution in [2.45, 2.75) is 51.5 Å². The lowest BCUT2D eigenvalue weighted by molar-refractivity contribution is -0.180. The summed E-state index contributed by atoms with van der Waals surface area (Å²) < 4.78 is 0. The van der Waals surface area contributed by atoms with E-state index in [4.69, 9.17) is 5.11 Å². The number of carbonyl (C=O) groups excluding carboxylic acids is 5. The second-order valence-corrected chi connectivity index (χ2v) is 5.27. The number of imide groups is 1. The highest BCUT2D eigenvalue weighted by Crippen LogP contribution is 2.28. The Kier molecular flexibility index (Phi) is 9.88. The van der Waals surface area contributed by atoms with Gasteiger partial charge >= 0.3 is 0 Å². The third-order valence-corrected chi connectivity index (χ3v) is 3.52. The van der Waals surface area contributed by atoms with Crippen LogP contribution in [0.1, 0.15) is 27.7 Å². The van der Waals surface area contributed by atoms with Gasteiger partial charge < -0.3 is 20.4 Å². The number of amides is 2. The minimum atomic E-state index is -3.06. The maximum Gasteiger partial charge on any atom is 0.234 e. The predicted molar refractivity (Wildman–Crippen MR) is 84.7 cm³/mol. The van der Waals surface area contributed by atoms with Gasteiger partial charge in [-0.25, -0.2) is 0 Å². The van der Waals surface area contributed by atoms with Crippen molar-refractivity contribution in [1.29, 1.82) is 0 Å². The Labute approximate surface area is 149 Å². The van der Waals surface area contributed by atoms with E-state index in [9.17, 15) is 39.3 Å². The molecule has 0 aliphatic heterocycles. The molecule has 4 atom stereocenters. The van der Waals surface area contributed by atoms with Gasteiger partial charge in [0.1, 0.15) is 18.3 Å². The maximum atomic E-state index is 12.4. The monoisotopic (exact) mass is 383 g/mol. The number of aliphatic hydroxyl groups excluding tert-OH is 4. The number of carbonyl (C=O) groups is 5. The zero-order chi connectivity index (χ0) is 19.4. The van der Waals surface area contributed by atoms with E-state index in [0.29, 0.717) is 0 Å². The number of hydrogen-bond acceptors (Lipinski definition) is 9. The SMILES string of the molecule is CC(=O)C(=O)[C@@](C(C)=O)([C@@H](O)[C@H](O)[C@H](O)CO)N(C(C)=O)C(C)=O.Cl. The molecule has 0 unspecified atom stereocenters. The van der Waals surface area contributed by atoms with Crippen LogP contribution in [0.15, 0.2) is 0 Å². The third-order valence-electron chi connectivity index (χ3n) is 3.52. The summed E-state index contributed by atoms with van der Waals surface area (Å²) >= 11 is 0. The molecule has 0 fully saturated rings. The van der Waals surface area contributed by atoms with Crippen molar-refractivity contribution in [2.24, 2.45) is 0 Å². The Hall–Kier alpha value is -1.72. The maximum absolute atomic E-state index is 12.4. The van der Waals surface area contributed by atoms with Gasteiger partial charge in [0.25, 0.3) is 0 Å². The van der Waals surface area contributed by atoms with Gasteiger partial charge in [0, 0.05) is 20.8 Å². The van der Waals surface area contributed by atoms with Crippen molar-refractivity contribution < 1.29 is 44.4 Å². The molecule has 0 saturated heterocycles. The van der Waals surface area contributed by atoms with Crippen molar-refractivity contribution in [1.82, 2.24) is 4.90 Å². The number of aliphatic hydroxyl groups is 4. The van der Waals surface area contributed by atoms with Crippen molar-refractivity contribution in [3.63, 3.8) is 0 Å². The fourth-order valence-corrected chi connectivity index (χ4v) is 2.45. The zero-order valence-corrected chi connectivity index (χ0v) is 14.9. The highest BCUT2D eigenvalue weighted by molar-refractivity contribution is 6.45. The molecule has 144 valence electrons. The summed E-state index contributed by atoms with van der Waals surface area (Å²) in [5.41, 5.74) is -3.06. The van der Waals surface area contributed by atoms with E-state index in [-0.39, 0.29) is 17.3 Å². The second-order valence-electron chi connectivity index (χ2n) is 5.27. The van der Waals surface area contributed by atoms with E-state index in [0.717, 1.165) is 27.7 Å². The molecule has 0 spiro atoms.